The van der Waals surface area contributed by atoms with E-state index < -0.39 is 0 Å². The normalized spacial score (nSPS) is 13.8. The number of nitrogens with zero attached hydrogens (tertiary/aromatic N) is 2. The molecule has 3 nitrogen and oxygen atoms in total. The third-order valence-corrected chi connectivity index (χ3v) is 3.70. The maximum atomic E-state index is 4.73. The van der Waals surface area contributed by atoms with Crippen LogP contribution < -0.4 is 0 Å². The molecule has 108 valence electrons. The predicted molar refractivity (Wildman–Crippen MR) is 83.9 cm³/mol. The highest BCUT2D eigenvalue weighted by Crippen LogP contribution is 2.39. The van der Waals surface area contributed by atoms with Crippen LogP contribution in [0.1, 0.15) is 63.4 Å². The summed E-state index contributed by atoms with van der Waals surface area (Å²) in [4.78, 5) is 12.5. The Morgan fingerprint density at radius 1 is 1.20 bits per heavy atom. The molecule has 1 aliphatic rings. The van der Waals surface area contributed by atoms with Gasteiger partial charge in [0.2, 0.25) is 0 Å². The molecule has 2 aromatic heterocycles. The zero-order chi connectivity index (χ0) is 14.5. The number of aromatic amines is 1. The van der Waals surface area contributed by atoms with Gasteiger partial charge in [0.15, 0.2) is 5.82 Å². The summed E-state index contributed by atoms with van der Waals surface area (Å²) in [7, 11) is 0. The smallest absolute Gasteiger partial charge is 0.161 e. The molecule has 3 heteroatoms. The van der Waals surface area contributed by atoms with E-state index in [-0.39, 0.29) is 0 Å². The average molecular weight is 271 g/mol. The van der Waals surface area contributed by atoms with Crippen LogP contribution in [0.15, 0.2) is 18.5 Å². The van der Waals surface area contributed by atoms with Gasteiger partial charge in [0.25, 0.3) is 0 Å². The molecule has 2 aromatic rings. The molecule has 2 heterocycles. The highest BCUT2D eigenvalue weighted by molar-refractivity contribution is 5.61. The topological polar surface area (TPSA) is 41.6 Å². The van der Waals surface area contributed by atoms with Crippen molar-refractivity contribution in [2.45, 2.75) is 59.3 Å². The van der Waals surface area contributed by atoms with E-state index in [0.717, 1.165) is 18.7 Å². The van der Waals surface area contributed by atoms with Crippen molar-refractivity contribution in [3.63, 3.8) is 0 Å². The van der Waals surface area contributed by atoms with Crippen LogP contribution >= 0.6 is 0 Å². The average Bonchev–Trinajstić information content (AvgIpc) is 3.28. The molecule has 1 fully saturated rings. The molecular formula is C17H25N3. The summed E-state index contributed by atoms with van der Waals surface area (Å²) in [5.41, 5.74) is 5.07. The number of rotatable bonds is 4. The number of nitrogens with one attached hydrogen (secondary N) is 1. The molecule has 1 N–H and O–H groups in total. The van der Waals surface area contributed by atoms with E-state index in [4.69, 9.17) is 4.98 Å². The maximum Gasteiger partial charge on any atom is 0.161 e. The molecule has 20 heavy (non-hydrogen) atoms. The van der Waals surface area contributed by atoms with E-state index in [9.17, 15) is 0 Å². The van der Waals surface area contributed by atoms with Crippen LogP contribution in [0.2, 0.25) is 0 Å². The van der Waals surface area contributed by atoms with Crippen molar-refractivity contribution in [2.24, 2.45) is 0 Å². The van der Waals surface area contributed by atoms with E-state index in [0.29, 0.717) is 5.92 Å². The fraction of sp³-hybridized carbons (Fsp3) is 0.529. The van der Waals surface area contributed by atoms with Gasteiger partial charge in [-0.3, -0.25) is 0 Å². The Hall–Kier alpha value is -1.64. The Labute approximate surface area is 121 Å². The fourth-order valence-electron chi connectivity index (χ4n) is 2.52. The van der Waals surface area contributed by atoms with Gasteiger partial charge in [0.05, 0.1) is 0 Å². The fourth-order valence-corrected chi connectivity index (χ4v) is 2.52. The van der Waals surface area contributed by atoms with Crippen molar-refractivity contribution in [3.8, 4) is 11.4 Å². The molecule has 0 aromatic carbocycles. The Balaban J connectivity index is 0.000000704. The Bertz CT molecular complexity index is 553. The molecule has 1 aliphatic carbocycles. The number of hydrogen-bond acceptors (Lipinski definition) is 2. The van der Waals surface area contributed by atoms with Crippen LogP contribution in [0.4, 0.5) is 0 Å². The molecule has 0 amide bonds. The minimum Gasteiger partial charge on any atom is -0.364 e. The lowest BCUT2D eigenvalue weighted by atomic mass is 10.1. The van der Waals surface area contributed by atoms with Crippen LogP contribution in [0, 0.1) is 0 Å². The lowest BCUT2D eigenvalue weighted by Gasteiger charge is -2.04. The van der Waals surface area contributed by atoms with E-state index in [1.54, 1.807) is 0 Å². The van der Waals surface area contributed by atoms with E-state index >= 15 is 0 Å². The summed E-state index contributed by atoms with van der Waals surface area (Å²) in [5, 5.41) is 0. The van der Waals surface area contributed by atoms with Crippen molar-refractivity contribution in [1.82, 2.24) is 15.0 Å². The third-order valence-electron chi connectivity index (χ3n) is 3.70. The zero-order valence-electron chi connectivity index (χ0n) is 13.0. The van der Waals surface area contributed by atoms with E-state index in [2.05, 4.69) is 36.1 Å². The molecule has 0 radical (unpaired) electrons. The van der Waals surface area contributed by atoms with Gasteiger partial charge in [0.1, 0.15) is 0 Å². The highest BCUT2D eigenvalue weighted by atomic mass is 14.9. The summed E-state index contributed by atoms with van der Waals surface area (Å²) < 4.78 is 0. The van der Waals surface area contributed by atoms with Gasteiger partial charge < -0.3 is 4.98 Å². The van der Waals surface area contributed by atoms with Crippen LogP contribution in [-0.2, 0) is 12.8 Å². The monoisotopic (exact) mass is 271 g/mol. The van der Waals surface area contributed by atoms with Gasteiger partial charge in [-0.25, -0.2) is 9.97 Å². The minimum atomic E-state index is 0.682. The predicted octanol–water partition coefficient (Wildman–Crippen LogP) is 4.50. The van der Waals surface area contributed by atoms with Crippen molar-refractivity contribution < 1.29 is 0 Å². The van der Waals surface area contributed by atoms with Crippen molar-refractivity contribution in [3.05, 3.63) is 35.4 Å². The van der Waals surface area contributed by atoms with Crippen LogP contribution in [0.3, 0.4) is 0 Å². The Morgan fingerprint density at radius 2 is 1.95 bits per heavy atom. The molecule has 0 unspecified atom stereocenters. The van der Waals surface area contributed by atoms with Crippen LogP contribution in [-0.4, -0.2) is 15.0 Å². The maximum absolute atomic E-state index is 4.73. The molecular weight excluding hydrogens is 246 g/mol. The first-order chi connectivity index (χ1) is 9.83. The van der Waals surface area contributed by atoms with Gasteiger partial charge in [-0.05, 0) is 37.3 Å². The van der Waals surface area contributed by atoms with Crippen molar-refractivity contribution in [2.75, 3.05) is 0 Å². The van der Waals surface area contributed by atoms with Crippen LogP contribution in [0.5, 0.6) is 0 Å². The Kier molecular flexibility index (Phi) is 4.94. The number of H-pyrrole nitrogens is 1. The summed E-state index contributed by atoms with van der Waals surface area (Å²) in [6.07, 6.45) is 8.58. The number of aromatic nitrogens is 3. The lowest BCUT2D eigenvalue weighted by Crippen LogP contribution is -1.95. The second-order valence-electron chi connectivity index (χ2n) is 4.95. The highest BCUT2D eigenvalue weighted by Gasteiger charge is 2.25. The molecule has 0 spiro atoms. The largest absolute Gasteiger partial charge is 0.364 e. The standard InChI is InChI=1S/C15H19N3.C2H6/c1-3-11-12(9-17-13(11)4-2)15-16-8-7-14(18-15)10-5-6-10;1-2/h7-10,17H,3-6H2,1-2H3;1-2H3. The van der Waals surface area contributed by atoms with Crippen molar-refractivity contribution in [1.29, 1.82) is 0 Å². The quantitative estimate of drug-likeness (QED) is 0.889. The van der Waals surface area contributed by atoms with Gasteiger partial charge in [-0.15, -0.1) is 0 Å². The summed E-state index contributed by atoms with van der Waals surface area (Å²) >= 11 is 0. The second-order valence-corrected chi connectivity index (χ2v) is 4.95. The molecule has 0 saturated heterocycles. The van der Waals surface area contributed by atoms with E-state index in [1.165, 1.54) is 35.4 Å². The Morgan fingerprint density at radius 3 is 2.55 bits per heavy atom. The first kappa shape index (κ1) is 14.8. The SMILES string of the molecule is CC.CCc1[nH]cc(-c2nccc(C3CC3)n2)c1CC. The summed E-state index contributed by atoms with van der Waals surface area (Å²) in [5.74, 6) is 1.56. The molecule has 0 bridgehead atoms. The zero-order valence-corrected chi connectivity index (χ0v) is 13.0. The molecule has 0 atom stereocenters. The molecule has 1 saturated carbocycles. The summed E-state index contributed by atoms with van der Waals surface area (Å²) in [6, 6.07) is 2.06. The first-order valence-corrected chi connectivity index (χ1v) is 7.85. The third kappa shape index (κ3) is 2.92. The van der Waals surface area contributed by atoms with Gasteiger partial charge in [-0.2, -0.15) is 0 Å². The summed E-state index contributed by atoms with van der Waals surface area (Å²) in [6.45, 7) is 8.37. The number of aryl methyl sites for hydroxylation is 1. The van der Waals surface area contributed by atoms with E-state index in [1.807, 2.05) is 20.0 Å². The van der Waals surface area contributed by atoms with Gasteiger partial charge >= 0.3 is 0 Å². The second kappa shape index (κ2) is 6.69. The molecule has 3 rings (SSSR count). The van der Waals surface area contributed by atoms with Crippen LogP contribution in [0.25, 0.3) is 11.4 Å². The number of hydrogen-bond donors (Lipinski definition) is 1. The van der Waals surface area contributed by atoms with Gasteiger partial charge in [-0.1, -0.05) is 27.7 Å². The first-order valence-electron chi connectivity index (χ1n) is 7.85. The van der Waals surface area contributed by atoms with Gasteiger partial charge in [0, 0.05) is 35.3 Å². The van der Waals surface area contributed by atoms with Crippen molar-refractivity contribution >= 4 is 0 Å². The minimum absolute atomic E-state index is 0.682. The molecule has 0 aliphatic heterocycles. The lowest BCUT2D eigenvalue weighted by molar-refractivity contribution is 0.983.